The lowest BCUT2D eigenvalue weighted by Crippen LogP contribution is -2.36. The minimum Gasteiger partial charge on any atom is -0.457 e. The van der Waals surface area contributed by atoms with Gasteiger partial charge < -0.3 is 14.1 Å². The van der Waals surface area contributed by atoms with Crippen molar-refractivity contribution in [2.75, 3.05) is 31.2 Å². The van der Waals surface area contributed by atoms with E-state index in [1.165, 1.54) is 12.1 Å². The molecule has 0 aliphatic carbocycles. The largest absolute Gasteiger partial charge is 0.457 e. The van der Waals surface area contributed by atoms with Gasteiger partial charge in [0.1, 0.15) is 17.3 Å². The lowest BCUT2D eigenvalue weighted by Gasteiger charge is -2.28. The highest BCUT2D eigenvalue weighted by Crippen LogP contribution is 2.25. The van der Waals surface area contributed by atoms with E-state index < -0.39 is 0 Å². The van der Waals surface area contributed by atoms with Crippen LogP contribution in [0.15, 0.2) is 71.2 Å². The zero-order valence-corrected chi connectivity index (χ0v) is 15.3. The number of ether oxygens (including phenoxy) is 1. The molecule has 1 aromatic heterocycles. The van der Waals surface area contributed by atoms with Gasteiger partial charge in [0.15, 0.2) is 5.78 Å². The van der Waals surface area contributed by atoms with E-state index >= 15 is 0 Å². The van der Waals surface area contributed by atoms with Crippen LogP contribution < -0.4 is 4.90 Å². The second-order valence-electron chi connectivity index (χ2n) is 6.53. The van der Waals surface area contributed by atoms with E-state index in [-0.39, 0.29) is 11.6 Å². The lowest BCUT2D eigenvalue weighted by molar-refractivity contribution is 0.104. The van der Waals surface area contributed by atoms with Gasteiger partial charge in [-0.05, 0) is 60.7 Å². The summed E-state index contributed by atoms with van der Waals surface area (Å²) in [7, 11) is 0. The first-order chi connectivity index (χ1) is 13.7. The van der Waals surface area contributed by atoms with Gasteiger partial charge in [-0.2, -0.15) is 0 Å². The predicted octanol–water partition coefficient (Wildman–Crippen LogP) is 4.82. The number of rotatable bonds is 5. The fraction of sp³-hybridized carbons (Fsp3) is 0.174. The molecule has 0 atom stereocenters. The number of nitrogens with zero attached hydrogens (tertiary/aromatic N) is 1. The van der Waals surface area contributed by atoms with Crippen LogP contribution >= 0.6 is 0 Å². The zero-order chi connectivity index (χ0) is 19.3. The molecule has 0 bridgehead atoms. The Morgan fingerprint density at radius 2 is 1.71 bits per heavy atom. The second-order valence-corrected chi connectivity index (χ2v) is 6.53. The molecule has 142 valence electrons. The number of benzene rings is 2. The number of hydrogen-bond donors (Lipinski definition) is 0. The quantitative estimate of drug-likeness (QED) is 0.472. The van der Waals surface area contributed by atoms with Crippen LogP contribution in [0.5, 0.6) is 0 Å². The summed E-state index contributed by atoms with van der Waals surface area (Å²) in [5.41, 5.74) is 2.09. The first kappa shape index (κ1) is 18.2. The molecule has 0 unspecified atom stereocenters. The second kappa shape index (κ2) is 8.23. The number of carbonyl (C=O) groups excluding carboxylic acids is 1. The van der Waals surface area contributed by atoms with Crippen LogP contribution in [-0.2, 0) is 4.74 Å². The van der Waals surface area contributed by atoms with Gasteiger partial charge in [0.05, 0.1) is 18.8 Å². The Bertz CT molecular complexity index is 985. The third-order valence-electron chi connectivity index (χ3n) is 4.69. The number of furan rings is 1. The Morgan fingerprint density at radius 1 is 0.964 bits per heavy atom. The van der Waals surface area contributed by atoms with Gasteiger partial charge in [0.2, 0.25) is 0 Å². The Labute approximate surface area is 162 Å². The summed E-state index contributed by atoms with van der Waals surface area (Å²) in [5, 5.41) is 0. The third kappa shape index (κ3) is 4.05. The molecule has 4 rings (SSSR count). The Kier molecular flexibility index (Phi) is 5.35. The fourth-order valence-electron chi connectivity index (χ4n) is 3.16. The molecule has 0 radical (unpaired) electrons. The minimum atomic E-state index is -0.344. The molecule has 28 heavy (non-hydrogen) atoms. The summed E-state index contributed by atoms with van der Waals surface area (Å²) >= 11 is 0. The van der Waals surface area contributed by atoms with Crippen LogP contribution in [0.1, 0.15) is 16.1 Å². The summed E-state index contributed by atoms with van der Waals surface area (Å²) < 4.78 is 24.8. The summed E-state index contributed by atoms with van der Waals surface area (Å²) in [4.78, 5) is 14.7. The number of anilines is 1. The van der Waals surface area contributed by atoms with Gasteiger partial charge >= 0.3 is 0 Å². The number of morpholine rings is 1. The van der Waals surface area contributed by atoms with Gasteiger partial charge in [-0.3, -0.25) is 4.79 Å². The van der Waals surface area contributed by atoms with E-state index in [4.69, 9.17) is 9.15 Å². The van der Waals surface area contributed by atoms with Crippen molar-refractivity contribution in [2.24, 2.45) is 0 Å². The van der Waals surface area contributed by atoms with E-state index in [1.54, 1.807) is 36.4 Å². The number of ketones is 1. The topological polar surface area (TPSA) is 42.7 Å². The maximum atomic E-state index is 13.8. The Morgan fingerprint density at radius 3 is 2.46 bits per heavy atom. The SMILES string of the molecule is O=C(/C=C\c1ccc(-c2ccccc2F)o1)c1ccc(N2CCOCC2)cc1. The van der Waals surface area contributed by atoms with Crippen molar-refractivity contribution >= 4 is 17.5 Å². The van der Waals surface area contributed by atoms with Crippen molar-refractivity contribution in [1.82, 2.24) is 0 Å². The molecule has 2 heterocycles. The summed E-state index contributed by atoms with van der Waals surface area (Å²) in [6, 6.07) is 17.4. The third-order valence-corrected chi connectivity index (χ3v) is 4.69. The van der Waals surface area contributed by atoms with Gasteiger partial charge in [0.25, 0.3) is 0 Å². The average molecular weight is 377 g/mol. The number of halogens is 1. The number of allylic oxidation sites excluding steroid dienone is 1. The minimum absolute atomic E-state index is 0.114. The van der Waals surface area contributed by atoms with Crippen molar-refractivity contribution in [1.29, 1.82) is 0 Å². The van der Waals surface area contributed by atoms with Gasteiger partial charge in [0, 0.05) is 24.3 Å². The molecule has 1 aliphatic heterocycles. The van der Waals surface area contributed by atoms with Crippen LogP contribution in [0.4, 0.5) is 10.1 Å². The van der Waals surface area contributed by atoms with Crippen LogP contribution in [0, 0.1) is 5.82 Å². The van der Waals surface area contributed by atoms with Crippen LogP contribution in [-0.4, -0.2) is 32.1 Å². The Hall–Kier alpha value is -3.18. The zero-order valence-electron chi connectivity index (χ0n) is 15.3. The normalized spacial score (nSPS) is 14.5. The van der Waals surface area contributed by atoms with Crippen LogP contribution in [0.2, 0.25) is 0 Å². The van der Waals surface area contributed by atoms with Crippen LogP contribution in [0.25, 0.3) is 17.4 Å². The summed E-state index contributed by atoms with van der Waals surface area (Å²) in [6.45, 7) is 3.16. The van der Waals surface area contributed by atoms with Gasteiger partial charge in [-0.1, -0.05) is 12.1 Å². The molecular weight excluding hydrogens is 357 g/mol. The van der Waals surface area contributed by atoms with Crippen molar-refractivity contribution in [3.8, 4) is 11.3 Å². The van der Waals surface area contributed by atoms with Gasteiger partial charge in [-0.15, -0.1) is 0 Å². The summed E-state index contributed by atoms with van der Waals surface area (Å²) in [6.07, 6.45) is 3.07. The fourth-order valence-corrected chi connectivity index (χ4v) is 3.16. The average Bonchev–Trinajstić information content (AvgIpc) is 3.22. The van der Waals surface area contributed by atoms with Gasteiger partial charge in [-0.25, -0.2) is 4.39 Å². The first-order valence-electron chi connectivity index (χ1n) is 9.20. The molecule has 5 heteroatoms. The molecule has 1 fully saturated rings. The highest BCUT2D eigenvalue weighted by molar-refractivity contribution is 6.06. The number of hydrogen-bond acceptors (Lipinski definition) is 4. The van der Waals surface area contributed by atoms with Crippen molar-refractivity contribution < 1.29 is 18.3 Å². The van der Waals surface area contributed by atoms with E-state index in [0.29, 0.717) is 22.6 Å². The molecule has 1 saturated heterocycles. The van der Waals surface area contributed by atoms with E-state index in [9.17, 15) is 9.18 Å². The molecule has 0 N–H and O–H groups in total. The molecule has 4 nitrogen and oxygen atoms in total. The molecule has 0 amide bonds. The lowest BCUT2D eigenvalue weighted by atomic mass is 10.1. The smallest absolute Gasteiger partial charge is 0.185 e. The molecular formula is C23H20FNO3. The molecule has 1 aliphatic rings. The monoisotopic (exact) mass is 377 g/mol. The highest BCUT2D eigenvalue weighted by Gasteiger charge is 2.12. The molecule has 2 aromatic carbocycles. The molecule has 0 saturated carbocycles. The molecule has 0 spiro atoms. The Balaban J connectivity index is 1.43. The first-order valence-corrected chi connectivity index (χ1v) is 9.20. The summed E-state index contributed by atoms with van der Waals surface area (Å²) in [5.74, 6) is 0.470. The van der Waals surface area contributed by atoms with E-state index in [0.717, 1.165) is 32.0 Å². The number of carbonyl (C=O) groups is 1. The van der Waals surface area contributed by atoms with Crippen molar-refractivity contribution in [2.45, 2.75) is 0 Å². The van der Waals surface area contributed by atoms with Crippen molar-refractivity contribution in [3.05, 3.63) is 83.9 Å². The highest BCUT2D eigenvalue weighted by atomic mass is 19.1. The van der Waals surface area contributed by atoms with E-state index in [2.05, 4.69) is 4.90 Å². The standard InChI is InChI=1S/C23H20FNO3/c24-21-4-2-1-3-20(21)23-12-10-19(28-23)9-11-22(26)17-5-7-18(8-6-17)25-13-15-27-16-14-25/h1-12H,13-16H2/b11-9-. The predicted molar refractivity (Wildman–Crippen MR) is 107 cm³/mol. The maximum Gasteiger partial charge on any atom is 0.185 e. The van der Waals surface area contributed by atoms with E-state index in [1.807, 2.05) is 24.3 Å². The molecule has 3 aromatic rings. The maximum absolute atomic E-state index is 13.8. The van der Waals surface area contributed by atoms with Crippen LogP contribution in [0.3, 0.4) is 0 Å². The van der Waals surface area contributed by atoms with Crippen molar-refractivity contribution in [3.63, 3.8) is 0 Å².